The number of nitrogens with zero attached hydrogens (tertiary/aromatic N) is 1. The molecule has 0 spiro atoms. The average Bonchev–Trinajstić information content (AvgIpc) is 2.69. The Kier molecular flexibility index (Phi) is 6.36. The molecule has 4 fully saturated rings. The van der Waals surface area contributed by atoms with Crippen molar-refractivity contribution in [2.24, 2.45) is 22.7 Å². The molecule has 0 atom stereocenters. The zero-order valence-electron chi connectivity index (χ0n) is 18.1. The van der Waals surface area contributed by atoms with E-state index in [1.165, 1.54) is 19.3 Å². The van der Waals surface area contributed by atoms with Gasteiger partial charge in [0.1, 0.15) is 0 Å². The number of halogens is 3. The Morgan fingerprint density at radius 1 is 1.06 bits per heavy atom. The van der Waals surface area contributed by atoms with Crippen LogP contribution in [0, 0.1) is 17.8 Å². The van der Waals surface area contributed by atoms with Crippen LogP contribution in [-0.4, -0.2) is 37.5 Å². The highest BCUT2D eigenvalue weighted by atomic mass is 32.2. The molecule has 0 amide bonds. The third kappa shape index (κ3) is 5.62. The predicted octanol–water partition coefficient (Wildman–Crippen LogP) is 3.76. The minimum atomic E-state index is -4.56. The number of guanidine groups is 1. The molecule has 5 rings (SSSR count). The number of aliphatic imine (C=N–C) groups is 1. The zero-order chi connectivity index (χ0) is 23.9. The van der Waals surface area contributed by atoms with Crippen LogP contribution in [0.2, 0.25) is 0 Å². The van der Waals surface area contributed by atoms with Crippen molar-refractivity contribution in [1.82, 2.24) is 10.0 Å². The average molecular weight is 488 g/mol. The highest BCUT2D eigenvalue weighted by Gasteiger charge is 2.51. The first-order valence-corrected chi connectivity index (χ1v) is 12.7. The topological polar surface area (TPSA) is 108 Å². The maximum Gasteiger partial charge on any atom is 0.416 e. The second-order valence-electron chi connectivity index (χ2n) is 9.68. The van der Waals surface area contributed by atoms with E-state index in [0.29, 0.717) is 17.8 Å². The molecule has 0 radical (unpaired) electrons. The SMILES string of the molecule is O=C(O)CCCN=C(NC12CC3CC(CC(C3)C1)C2)NS(=O)(=O)c1ccc(C(F)(F)F)cc1. The van der Waals surface area contributed by atoms with E-state index in [1.54, 1.807) is 0 Å². The summed E-state index contributed by atoms with van der Waals surface area (Å²) in [6, 6.07) is 3.28. The molecule has 4 aliphatic carbocycles. The number of benzene rings is 1. The van der Waals surface area contributed by atoms with Crippen molar-refractivity contribution in [3.05, 3.63) is 29.8 Å². The monoisotopic (exact) mass is 487 g/mol. The lowest BCUT2D eigenvalue weighted by atomic mass is 9.53. The summed E-state index contributed by atoms with van der Waals surface area (Å²) in [4.78, 5) is 14.8. The first kappa shape index (κ1) is 23.8. The molecule has 0 aromatic heterocycles. The normalized spacial score (nSPS) is 29.2. The standard InChI is InChI=1S/C22H28F3N3O4S/c23-22(24,25)17-3-5-18(6-4-17)33(31,32)28-20(26-7-1-2-19(29)30)27-21-11-14-8-15(12-21)10-16(9-14)13-21/h3-6,14-16H,1-2,7-13H2,(H,29,30)(H2,26,27,28). The molecule has 0 heterocycles. The van der Waals surface area contributed by atoms with Gasteiger partial charge in [0.2, 0.25) is 5.96 Å². The van der Waals surface area contributed by atoms with Gasteiger partial charge in [-0.3, -0.25) is 9.79 Å². The molecule has 1 aromatic carbocycles. The number of alkyl halides is 3. The Bertz CT molecular complexity index is 987. The molecule has 0 aliphatic heterocycles. The molecule has 182 valence electrons. The number of sulfonamides is 1. The summed E-state index contributed by atoms with van der Waals surface area (Å²) in [6.45, 7) is 0.108. The van der Waals surface area contributed by atoms with E-state index in [-0.39, 0.29) is 35.8 Å². The van der Waals surface area contributed by atoms with Gasteiger partial charge in [0, 0.05) is 18.5 Å². The van der Waals surface area contributed by atoms with Crippen molar-refractivity contribution in [3.63, 3.8) is 0 Å². The Balaban J connectivity index is 1.53. The minimum absolute atomic E-state index is 0.0298. The fourth-order valence-electron chi connectivity index (χ4n) is 6.04. The molecule has 0 saturated heterocycles. The molecular weight excluding hydrogens is 459 g/mol. The van der Waals surface area contributed by atoms with Crippen LogP contribution in [0.25, 0.3) is 0 Å². The van der Waals surface area contributed by atoms with Crippen LogP contribution in [0.5, 0.6) is 0 Å². The second-order valence-corrected chi connectivity index (χ2v) is 11.4. The van der Waals surface area contributed by atoms with E-state index >= 15 is 0 Å². The van der Waals surface area contributed by atoms with E-state index in [4.69, 9.17) is 5.11 Å². The van der Waals surface area contributed by atoms with Crippen LogP contribution in [0.15, 0.2) is 34.2 Å². The van der Waals surface area contributed by atoms with E-state index in [1.807, 2.05) is 0 Å². The number of carboxylic acid groups (broad SMARTS) is 1. The summed E-state index contributed by atoms with van der Waals surface area (Å²) in [7, 11) is -4.19. The maximum absolute atomic E-state index is 12.9. The van der Waals surface area contributed by atoms with Crippen LogP contribution in [0.4, 0.5) is 13.2 Å². The van der Waals surface area contributed by atoms with E-state index < -0.39 is 27.7 Å². The Morgan fingerprint density at radius 2 is 1.61 bits per heavy atom. The van der Waals surface area contributed by atoms with E-state index in [0.717, 1.165) is 43.5 Å². The van der Waals surface area contributed by atoms with Crippen molar-refractivity contribution in [3.8, 4) is 0 Å². The Labute approximate surface area is 190 Å². The van der Waals surface area contributed by atoms with Crippen molar-refractivity contribution in [2.75, 3.05) is 6.54 Å². The smallest absolute Gasteiger partial charge is 0.416 e. The molecule has 33 heavy (non-hydrogen) atoms. The minimum Gasteiger partial charge on any atom is -0.481 e. The zero-order valence-corrected chi connectivity index (χ0v) is 18.9. The van der Waals surface area contributed by atoms with Gasteiger partial charge in [-0.1, -0.05) is 0 Å². The largest absolute Gasteiger partial charge is 0.481 e. The van der Waals surface area contributed by atoms with Gasteiger partial charge in [0.15, 0.2) is 0 Å². The summed E-state index contributed by atoms with van der Waals surface area (Å²) in [5.41, 5.74) is -1.20. The summed E-state index contributed by atoms with van der Waals surface area (Å²) in [5, 5.41) is 12.2. The van der Waals surface area contributed by atoms with Crippen LogP contribution < -0.4 is 10.0 Å². The van der Waals surface area contributed by atoms with Gasteiger partial charge in [0.25, 0.3) is 10.0 Å². The molecule has 3 N–H and O–H groups in total. The quantitative estimate of drug-likeness (QED) is 0.308. The van der Waals surface area contributed by atoms with E-state index in [2.05, 4.69) is 15.0 Å². The Hall–Kier alpha value is -2.30. The summed E-state index contributed by atoms with van der Waals surface area (Å²) >= 11 is 0. The van der Waals surface area contributed by atoms with Crippen LogP contribution in [-0.2, 0) is 21.0 Å². The number of hydrogen-bond acceptors (Lipinski definition) is 4. The van der Waals surface area contributed by atoms with E-state index in [9.17, 15) is 26.4 Å². The highest BCUT2D eigenvalue weighted by molar-refractivity contribution is 7.90. The molecular formula is C22H28F3N3O4S. The predicted molar refractivity (Wildman–Crippen MR) is 115 cm³/mol. The second kappa shape index (κ2) is 8.81. The highest BCUT2D eigenvalue weighted by Crippen LogP contribution is 2.55. The first-order chi connectivity index (χ1) is 15.4. The maximum atomic E-state index is 12.9. The van der Waals surface area contributed by atoms with Gasteiger partial charge in [-0.15, -0.1) is 0 Å². The van der Waals surface area contributed by atoms with Crippen molar-refractivity contribution in [2.45, 2.75) is 68.0 Å². The number of carbonyl (C=O) groups is 1. The lowest BCUT2D eigenvalue weighted by Gasteiger charge is -2.57. The molecule has 1 aromatic rings. The summed E-state index contributed by atoms with van der Waals surface area (Å²) in [6.07, 6.45) is 1.95. The number of carboxylic acids is 1. The van der Waals surface area contributed by atoms with Crippen LogP contribution in [0.1, 0.15) is 56.9 Å². The van der Waals surface area contributed by atoms with Gasteiger partial charge in [-0.2, -0.15) is 13.2 Å². The third-order valence-electron chi connectivity index (χ3n) is 6.96. The summed E-state index contributed by atoms with van der Waals surface area (Å²) in [5.74, 6) is 0.865. The van der Waals surface area contributed by atoms with Crippen LogP contribution >= 0.6 is 0 Å². The van der Waals surface area contributed by atoms with Gasteiger partial charge in [-0.25, -0.2) is 13.1 Å². The van der Waals surface area contributed by atoms with Crippen molar-refractivity contribution in [1.29, 1.82) is 0 Å². The molecule has 0 unspecified atom stereocenters. The van der Waals surface area contributed by atoms with Crippen molar-refractivity contribution < 1.29 is 31.5 Å². The third-order valence-corrected chi connectivity index (χ3v) is 8.32. The number of hydrogen-bond donors (Lipinski definition) is 3. The lowest BCUT2D eigenvalue weighted by molar-refractivity contribution is -0.138. The van der Waals surface area contributed by atoms with Crippen molar-refractivity contribution >= 4 is 22.0 Å². The molecule has 4 bridgehead atoms. The molecule has 11 heteroatoms. The lowest BCUT2D eigenvalue weighted by Crippen LogP contribution is -2.62. The number of nitrogens with one attached hydrogen (secondary N) is 2. The molecule has 4 saturated carbocycles. The van der Waals surface area contributed by atoms with Gasteiger partial charge < -0.3 is 10.4 Å². The molecule has 7 nitrogen and oxygen atoms in total. The molecule has 4 aliphatic rings. The first-order valence-electron chi connectivity index (χ1n) is 11.2. The Morgan fingerprint density at radius 3 is 2.09 bits per heavy atom. The van der Waals surface area contributed by atoms with Gasteiger partial charge in [0.05, 0.1) is 10.5 Å². The number of aliphatic carboxylic acids is 1. The number of rotatable bonds is 7. The fraction of sp³-hybridized carbons (Fsp3) is 0.636. The van der Waals surface area contributed by atoms with Gasteiger partial charge in [-0.05, 0) is 87.0 Å². The summed E-state index contributed by atoms with van der Waals surface area (Å²) < 4.78 is 66.8. The fourth-order valence-corrected chi connectivity index (χ4v) is 7.03. The van der Waals surface area contributed by atoms with Gasteiger partial charge >= 0.3 is 12.1 Å². The van der Waals surface area contributed by atoms with Crippen LogP contribution in [0.3, 0.4) is 0 Å².